The van der Waals surface area contributed by atoms with E-state index in [-0.39, 0.29) is 0 Å². The average molecular weight is 455 g/mol. The van der Waals surface area contributed by atoms with Crippen molar-refractivity contribution in [1.29, 1.82) is 0 Å². The summed E-state index contributed by atoms with van der Waals surface area (Å²) in [5, 5.41) is 0. The lowest BCUT2D eigenvalue weighted by molar-refractivity contribution is 0.234. The molecule has 0 aliphatic carbocycles. The molecule has 0 N–H and O–H groups in total. The van der Waals surface area contributed by atoms with Gasteiger partial charge in [0.05, 0.1) is 0 Å². The van der Waals surface area contributed by atoms with Crippen molar-refractivity contribution >= 4 is 0 Å². The molecule has 0 rings (SSSR count). The van der Waals surface area contributed by atoms with Gasteiger partial charge in [-0.25, -0.2) is 0 Å². The molecule has 0 saturated heterocycles. The highest BCUT2D eigenvalue weighted by molar-refractivity contribution is 4.64. The van der Waals surface area contributed by atoms with Gasteiger partial charge in [-0.3, -0.25) is 0 Å². The van der Waals surface area contributed by atoms with Gasteiger partial charge in [-0.2, -0.15) is 0 Å². The van der Waals surface area contributed by atoms with Crippen LogP contribution >= 0.6 is 0 Å². The summed E-state index contributed by atoms with van der Waals surface area (Å²) in [5.41, 5.74) is 0. The Hall–Kier alpha value is -0.0800. The van der Waals surface area contributed by atoms with Crippen LogP contribution in [-0.2, 0) is 0 Å². The molecule has 0 bridgehead atoms. The largest absolute Gasteiger partial charge is 0.306 e. The quantitative estimate of drug-likeness (QED) is 0.142. The third-order valence-corrected chi connectivity index (χ3v) is 7.00. The fourth-order valence-electron chi connectivity index (χ4n) is 4.47. The van der Waals surface area contributed by atoms with E-state index in [1.165, 1.54) is 142 Å². The van der Waals surface area contributed by atoms with E-state index in [1.54, 1.807) is 0 Å². The second kappa shape index (κ2) is 29.0. The van der Waals surface area contributed by atoms with Gasteiger partial charge in [0.25, 0.3) is 0 Å². The first-order valence-electron chi connectivity index (χ1n) is 15.0. The Balaban J connectivity index is 0. The molecule has 0 aliphatic heterocycles. The van der Waals surface area contributed by atoms with Gasteiger partial charge in [-0.05, 0) is 59.4 Å². The summed E-state index contributed by atoms with van der Waals surface area (Å²) < 4.78 is 0. The number of hydrogen-bond acceptors (Lipinski definition) is 2. The van der Waals surface area contributed by atoms with Crippen LogP contribution in [0.15, 0.2) is 0 Å². The van der Waals surface area contributed by atoms with E-state index in [0.29, 0.717) is 0 Å². The van der Waals surface area contributed by atoms with Gasteiger partial charge < -0.3 is 9.80 Å². The van der Waals surface area contributed by atoms with Crippen molar-refractivity contribution in [3.63, 3.8) is 0 Å². The van der Waals surface area contributed by atoms with Crippen molar-refractivity contribution < 1.29 is 0 Å². The Bertz CT molecular complexity index is 298. The molecule has 0 aromatic carbocycles. The summed E-state index contributed by atoms with van der Waals surface area (Å²) in [6, 6.07) is 0.815. The molecule has 0 heterocycles. The van der Waals surface area contributed by atoms with Gasteiger partial charge in [0.1, 0.15) is 0 Å². The maximum Gasteiger partial charge on any atom is 0.00893 e. The monoisotopic (exact) mass is 455 g/mol. The van der Waals surface area contributed by atoms with Crippen LogP contribution in [0.3, 0.4) is 0 Å². The van der Waals surface area contributed by atoms with Gasteiger partial charge in [0.15, 0.2) is 0 Å². The molecule has 0 aromatic rings. The molecule has 1 unspecified atom stereocenters. The first kappa shape index (κ1) is 34.1. The average Bonchev–Trinajstić information content (AvgIpc) is 2.80. The van der Waals surface area contributed by atoms with Crippen LogP contribution in [0.4, 0.5) is 0 Å². The highest BCUT2D eigenvalue weighted by Crippen LogP contribution is 2.11. The van der Waals surface area contributed by atoms with Crippen molar-refractivity contribution in [2.45, 2.75) is 163 Å². The minimum Gasteiger partial charge on any atom is -0.306 e. The Labute approximate surface area is 206 Å². The number of unbranched alkanes of at least 4 members (excludes halogenated alkanes) is 14. The molecular formula is C30H66N2. The smallest absolute Gasteiger partial charge is 0.00893 e. The summed E-state index contributed by atoms with van der Waals surface area (Å²) >= 11 is 0. The molecule has 1 atom stereocenters. The highest BCUT2D eigenvalue weighted by Gasteiger charge is 2.08. The van der Waals surface area contributed by atoms with Crippen molar-refractivity contribution in [3.05, 3.63) is 0 Å². The van der Waals surface area contributed by atoms with Crippen molar-refractivity contribution in [3.8, 4) is 0 Å². The molecule has 0 radical (unpaired) electrons. The third-order valence-electron chi connectivity index (χ3n) is 7.00. The molecule has 2 heteroatoms. The maximum atomic E-state index is 2.55. The summed E-state index contributed by atoms with van der Waals surface area (Å²) in [5.74, 6) is 0. The number of rotatable bonds is 23. The minimum atomic E-state index is 0.815. The van der Waals surface area contributed by atoms with E-state index in [9.17, 15) is 0 Å². The second-order valence-electron chi connectivity index (χ2n) is 10.2. The van der Waals surface area contributed by atoms with E-state index < -0.39 is 0 Å². The number of nitrogens with zero attached hydrogens (tertiary/aromatic N) is 2. The lowest BCUT2D eigenvalue weighted by atomic mass is 10.1. The Morgan fingerprint density at radius 1 is 0.469 bits per heavy atom. The molecular weight excluding hydrogens is 388 g/mol. The van der Waals surface area contributed by atoms with E-state index in [4.69, 9.17) is 0 Å². The zero-order valence-corrected chi connectivity index (χ0v) is 24.0. The Morgan fingerprint density at radius 2 is 0.844 bits per heavy atom. The van der Waals surface area contributed by atoms with Gasteiger partial charge in [-0.15, -0.1) is 0 Å². The van der Waals surface area contributed by atoms with E-state index in [1.807, 2.05) is 0 Å². The number of hydrogen-bond donors (Lipinski definition) is 0. The lowest BCUT2D eigenvalue weighted by Crippen LogP contribution is -2.30. The second-order valence-corrected chi connectivity index (χ2v) is 10.2. The zero-order chi connectivity index (χ0) is 24.3. The Kier molecular flexibility index (Phi) is 30.8. The molecule has 0 aromatic heterocycles. The normalized spacial score (nSPS) is 12.3. The van der Waals surface area contributed by atoms with Crippen LogP contribution < -0.4 is 0 Å². The van der Waals surface area contributed by atoms with E-state index >= 15 is 0 Å². The van der Waals surface area contributed by atoms with Crippen LogP contribution in [0.2, 0.25) is 0 Å². The van der Waals surface area contributed by atoms with E-state index in [2.05, 4.69) is 58.5 Å². The fraction of sp³-hybridized carbons (Fsp3) is 1.00. The summed E-state index contributed by atoms with van der Waals surface area (Å²) in [6.45, 7) is 15.1. The van der Waals surface area contributed by atoms with Crippen LogP contribution in [0, 0.1) is 0 Å². The van der Waals surface area contributed by atoms with Crippen molar-refractivity contribution in [2.24, 2.45) is 0 Å². The molecule has 2 nitrogen and oxygen atoms in total. The predicted octanol–water partition coefficient (Wildman–Crippen LogP) is 9.72. The van der Waals surface area contributed by atoms with Crippen molar-refractivity contribution in [1.82, 2.24) is 9.80 Å². The first-order valence-corrected chi connectivity index (χ1v) is 15.0. The summed E-state index contributed by atoms with van der Waals surface area (Å²) in [6.07, 6.45) is 26.9. The Morgan fingerprint density at radius 3 is 1.16 bits per heavy atom. The van der Waals surface area contributed by atoms with Crippen LogP contribution in [0.25, 0.3) is 0 Å². The standard InChI is InChI=1S/C21H45N.C9H21N/c1-4-6-8-10-12-14-16-18-20-22(3)21-19-17-15-13-11-9-7-5-2;1-5-8-9(6-2)10(4)7-3/h4-21H2,1-3H3;9H,5-8H2,1-4H3. The molecule has 0 aliphatic rings. The molecule has 0 amide bonds. The lowest BCUT2D eigenvalue weighted by Gasteiger charge is -2.25. The van der Waals surface area contributed by atoms with E-state index in [0.717, 1.165) is 6.04 Å². The molecule has 0 spiro atoms. The SMILES string of the molecule is CCCC(CC)N(C)CC.CCCCCCCCCCN(C)CCCCCCCCCC. The van der Waals surface area contributed by atoms with Crippen molar-refractivity contribution in [2.75, 3.05) is 33.7 Å². The van der Waals surface area contributed by atoms with Crippen LogP contribution in [-0.4, -0.2) is 49.6 Å². The zero-order valence-electron chi connectivity index (χ0n) is 24.0. The molecule has 0 fully saturated rings. The summed E-state index contributed by atoms with van der Waals surface area (Å²) in [7, 11) is 4.52. The fourth-order valence-corrected chi connectivity index (χ4v) is 4.47. The summed E-state index contributed by atoms with van der Waals surface area (Å²) in [4.78, 5) is 4.98. The minimum absolute atomic E-state index is 0.815. The van der Waals surface area contributed by atoms with Gasteiger partial charge in [0, 0.05) is 6.04 Å². The third kappa shape index (κ3) is 26.2. The molecule has 196 valence electrons. The molecule has 0 saturated carbocycles. The first-order chi connectivity index (χ1) is 15.6. The van der Waals surface area contributed by atoms with Crippen LogP contribution in [0.5, 0.6) is 0 Å². The predicted molar refractivity (Wildman–Crippen MR) is 150 cm³/mol. The van der Waals surface area contributed by atoms with Gasteiger partial charge in [-0.1, -0.05) is 131 Å². The highest BCUT2D eigenvalue weighted by atomic mass is 15.1. The van der Waals surface area contributed by atoms with Gasteiger partial charge >= 0.3 is 0 Å². The van der Waals surface area contributed by atoms with Gasteiger partial charge in [0.2, 0.25) is 0 Å². The van der Waals surface area contributed by atoms with Crippen LogP contribution in [0.1, 0.15) is 157 Å². The topological polar surface area (TPSA) is 6.48 Å². The maximum absolute atomic E-state index is 2.55. The molecule has 32 heavy (non-hydrogen) atoms.